The third-order valence-electron chi connectivity index (χ3n) is 5.64. The lowest BCUT2D eigenvalue weighted by Gasteiger charge is -2.26. The lowest BCUT2D eigenvalue weighted by Crippen LogP contribution is -2.18. The predicted molar refractivity (Wildman–Crippen MR) is 81.4 cm³/mol. The van der Waals surface area contributed by atoms with Crippen molar-refractivity contribution in [2.24, 2.45) is 29.6 Å². The minimum absolute atomic E-state index is 0.303. The summed E-state index contributed by atoms with van der Waals surface area (Å²) in [5.74, 6) is 3.56. The summed E-state index contributed by atoms with van der Waals surface area (Å²) in [4.78, 5) is 11.5. The molecule has 21 heavy (non-hydrogen) atoms. The van der Waals surface area contributed by atoms with Gasteiger partial charge >= 0.3 is 5.97 Å². The number of allylic oxidation sites excluding steroid dienone is 1. The van der Waals surface area contributed by atoms with Gasteiger partial charge in [-0.3, -0.25) is 0 Å². The van der Waals surface area contributed by atoms with Gasteiger partial charge < -0.3 is 9.47 Å². The Balaban J connectivity index is 1.60. The molecule has 2 bridgehead atoms. The van der Waals surface area contributed by atoms with Gasteiger partial charge in [0.25, 0.3) is 0 Å². The summed E-state index contributed by atoms with van der Waals surface area (Å²) < 4.78 is 10.9. The molecule has 5 unspecified atom stereocenters. The van der Waals surface area contributed by atoms with Crippen molar-refractivity contribution in [2.75, 3.05) is 13.2 Å². The maximum Gasteiger partial charge on any atom is 0.337 e. The summed E-state index contributed by atoms with van der Waals surface area (Å²) in [7, 11) is 0. The zero-order valence-electron chi connectivity index (χ0n) is 13.1. The van der Waals surface area contributed by atoms with Gasteiger partial charge in [-0.1, -0.05) is 6.58 Å². The summed E-state index contributed by atoms with van der Waals surface area (Å²) in [6.07, 6.45) is 6.78. The van der Waals surface area contributed by atoms with Crippen molar-refractivity contribution >= 4 is 5.97 Å². The van der Waals surface area contributed by atoms with E-state index < -0.39 is 0 Å². The van der Waals surface area contributed by atoms with Crippen LogP contribution < -0.4 is 0 Å². The smallest absolute Gasteiger partial charge is 0.337 e. The Hall–Kier alpha value is -1.09. The zero-order chi connectivity index (χ0) is 15.0. The molecule has 0 radical (unpaired) electrons. The van der Waals surface area contributed by atoms with Gasteiger partial charge in [0.05, 0.1) is 6.26 Å². The molecule has 3 heteroatoms. The first-order chi connectivity index (χ1) is 10.1. The molecule has 0 spiro atoms. The highest BCUT2D eigenvalue weighted by molar-refractivity contribution is 5.87. The van der Waals surface area contributed by atoms with Gasteiger partial charge in [0.2, 0.25) is 0 Å². The minimum Gasteiger partial charge on any atom is -0.431 e. The van der Waals surface area contributed by atoms with E-state index >= 15 is 0 Å². The molecule has 5 atom stereocenters. The molecule has 0 aromatic carbocycles. The van der Waals surface area contributed by atoms with Crippen LogP contribution in [0.4, 0.5) is 0 Å². The van der Waals surface area contributed by atoms with E-state index in [1.807, 2.05) is 0 Å². The lowest BCUT2D eigenvalue weighted by atomic mass is 9.79. The molecule has 3 rings (SSSR count). The Morgan fingerprint density at radius 2 is 2.10 bits per heavy atom. The zero-order valence-corrected chi connectivity index (χ0v) is 13.1. The van der Waals surface area contributed by atoms with Gasteiger partial charge in [0.1, 0.15) is 0 Å². The molecule has 0 aromatic rings. The monoisotopic (exact) mass is 290 g/mol. The van der Waals surface area contributed by atoms with E-state index in [1.54, 1.807) is 13.2 Å². The maximum atomic E-state index is 11.5. The first-order valence-corrected chi connectivity index (χ1v) is 8.23. The van der Waals surface area contributed by atoms with Gasteiger partial charge in [-0.25, -0.2) is 4.79 Å². The topological polar surface area (TPSA) is 35.5 Å². The van der Waals surface area contributed by atoms with Crippen LogP contribution in [0, 0.1) is 29.6 Å². The molecule has 3 nitrogen and oxygen atoms in total. The second-order valence-electron chi connectivity index (χ2n) is 7.01. The van der Waals surface area contributed by atoms with E-state index in [0.717, 1.165) is 43.3 Å². The summed E-state index contributed by atoms with van der Waals surface area (Å²) in [5.41, 5.74) is 1.82. The van der Waals surface area contributed by atoms with Crippen LogP contribution in [0.1, 0.15) is 39.5 Å². The molecule has 3 aliphatic carbocycles. The Kier molecular flexibility index (Phi) is 4.21. The Bertz CT molecular complexity index is 465. The second kappa shape index (κ2) is 5.96. The average Bonchev–Trinajstić information content (AvgIpc) is 3.12. The molecule has 3 fully saturated rings. The minimum atomic E-state index is -0.303. The average molecular weight is 290 g/mol. The third-order valence-corrected chi connectivity index (χ3v) is 5.64. The number of rotatable bonds is 5. The fourth-order valence-corrected chi connectivity index (χ4v) is 4.80. The highest BCUT2D eigenvalue weighted by atomic mass is 16.5. The van der Waals surface area contributed by atoms with Crippen molar-refractivity contribution in [3.8, 4) is 0 Å². The van der Waals surface area contributed by atoms with Crippen molar-refractivity contribution in [2.45, 2.75) is 39.5 Å². The van der Waals surface area contributed by atoms with Crippen molar-refractivity contribution in [1.82, 2.24) is 0 Å². The van der Waals surface area contributed by atoms with Gasteiger partial charge in [0.15, 0.2) is 0 Å². The summed E-state index contributed by atoms with van der Waals surface area (Å²) in [5, 5.41) is 0. The van der Waals surface area contributed by atoms with E-state index in [0.29, 0.717) is 11.5 Å². The first-order valence-electron chi connectivity index (χ1n) is 8.23. The van der Waals surface area contributed by atoms with E-state index in [4.69, 9.17) is 9.47 Å². The molecule has 116 valence electrons. The second-order valence-corrected chi connectivity index (χ2v) is 7.01. The largest absolute Gasteiger partial charge is 0.431 e. The SMILES string of the molecule is C=C(C)C(=O)O/C=C1\CC2CC1C1CC(COCC)CC21. The van der Waals surface area contributed by atoms with E-state index in [1.165, 1.54) is 24.8 Å². The van der Waals surface area contributed by atoms with Crippen LogP contribution in [0.5, 0.6) is 0 Å². The summed E-state index contributed by atoms with van der Waals surface area (Å²) in [6, 6.07) is 0. The molecular formula is C18H26O3. The highest BCUT2D eigenvalue weighted by Crippen LogP contribution is 2.62. The van der Waals surface area contributed by atoms with Gasteiger partial charge in [-0.05, 0) is 74.7 Å². The van der Waals surface area contributed by atoms with Crippen LogP contribution in [-0.4, -0.2) is 19.2 Å². The van der Waals surface area contributed by atoms with Crippen LogP contribution in [0.3, 0.4) is 0 Å². The molecule has 3 saturated carbocycles. The molecular weight excluding hydrogens is 264 g/mol. The van der Waals surface area contributed by atoms with Crippen molar-refractivity contribution in [3.63, 3.8) is 0 Å². The number of ether oxygens (including phenoxy) is 2. The molecule has 0 amide bonds. The Morgan fingerprint density at radius 3 is 2.81 bits per heavy atom. The summed E-state index contributed by atoms with van der Waals surface area (Å²) >= 11 is 0. The predicted octanol–water partition coefficient (Wildman–Crippen LogP) is 3.71. The van der Waals surface area contributed by atoms with E-state index in [2.05, 4.69) is 13.5 Å². The number of hydrogen-bond acceptors (Lipinski definition) is 3. The van der Waals surface area contributed by atoms with Crippen LogP contribution in [0.15, 0.2) is 24.0 Å². The molecule has 0 N–H and O–H groups in total. The number of carbonyl (C=O) groups excluding carboxylic acids is 1. The normalized spacial score (nSPS) is 38.8. The standard InChI is InChI=1S/C18H26O3/c1-4-20-9-12-5-15-13-7-14(10-21-18(19)11(2)3)16(8-13)17(15)6-12/h10,12-13,15-17H,2,4-9H2,1,3H3/b14-10+. The van der Waals surface area contributed by atoms with Crippen LogP contribution >= 0.6 is 0 Å². The van der Waals surface area contributed by atoms with E-state index in [-0.39, 0.29) is 5.97 Å². The molecule has 0 saturated heterocycles. The highest BCUT2D eigenvalue weighted by Gasteiger charge is 2.54. The van der Waals surface area contributed by atoms with Gasteiger partial charge in [-0.2, -0.15) is 0 Å². The first kappa shape index (κ1) is 14.8. The number of carbonyl (C=O) groups is 1. The lowest BCUT2D eigenvalue weighted by molar-refractivity contribution is -0.133. The molecule has 0 aliphatic heterocycles. The van der Waals surface area contributed by atoms with Crippen molar-refractivity contribution < 1.29 is 14.3 Å². The maximum absolute atomic E-state index is 11.5. The van der Waals surface area contributed by atoms with Crippen LogP contribution in [0.25, 0.3) is 0 Å². The van der Waals surface area contributed by atoms with E-state index in [9.17, 15) is 4.79 Å². The fraction of sp³-hybridized carbons (Fsp3) is 0.722. The van der Waals surface area contributed by atoms with Crippen LogP contribution in [-0.2, 0) is 14.3 Å². The van der Waals surface area contributed by atoms with Crippen LogP contribution in [0.2, 0.25) is 0 Å². The molecule has 0 aromatic heterocycles. The van der Waals surface area contributed by atoms with Gasteiger partial charge in [0, 0.05) is 18.8 Å². The molecule has 0 heterocycles. The van der Waals surface area contributed by atoms with Gasteiger partial charge in [-0.15, -0.1) is 0 Å². The van der Waals surface area contributed by atoms with Crippen molar-refractivity contribution in [3.05, 3.63) is 24.0 Å². The number of hydrogen-bond donors (Lipinski definition) is 0. The Labute approximate surface area is 127 Å². The molecule has 3 aliphatic rings. The van der Waals surface area contributed by atoms with Crippen molar-refractivity contribution in [1.29, 1.82) is 0 Å². The number of esters is 1. The Morgan fingerprint density at radius 1 is 1.33 bits per heavy atom. The fourth-order valence-electron chi connectivity index (χ4n) is 4.80. The quantitative estimate of drug-likeness (QED) is 0.440. The third kappa shape index (κ3) is 2.80. The summed E-state index contributed by atoms with van der Waals surface area (Å²) in [6.45, 7) is 9.12. The number of fused-ring (bicyclic) bond motifs is 5.